The van der Waals surface area contributed by atoms with Crippen molar-refractivity contribution in [3.8, 4) is 11.1 Å². The van der Waals surface area contributed by atoms with E-state index in [1.807, 2.05) is 77.1 Å². The lowest BCUT2D eigenvalue weighted by molar-refractivity contribution is 0.00578. The first-order valence-electron chi connectivity index (χ1n) is 12.9. The highest BCUT2D eigenvalue weighted by molar-refractivity contribution is 6.56. The Bertz CT molecular complexity index is 1340. The predicted octanol–water partition coefficient (Wildman–Crippen LogP) is 5.53. The molecular formula is C30H34BN3O4. The number of pyridine rings is 1. The zero-order valence-corrected chi connectivity index (χ0v) is 22.6. The zero-order chi connectivity index (χ0) is 27.1. The molecule has 0 radical (unpaired) electrons. The molecule has 0 atom stereocenters. The Hall–Kier alpha value is -3.62. The van der Waals surface area contributed by atoms with Crippen LogP contribution < -0.4 is 11.1 Å². The number of hydrogen-bond acceptors (Lipinski definition) is 6. The Labute approximate surface area is 224 Å². The Kier molecular flexibility index (Phi) is 6.80. The highest BCUT2D eigenvalue weighted by atomic mass is 16.7. The van der Waals surface area contributed by atoms with Crippen molar-refractivity contribution in [3.05, 3.63) is 88.7 Å². The number of alkyl carbamates (subject to hydrolysis) is 1. The second kappa shape index (κ2) is 9.93. The van der Waals surface area contributed by atoms with Crippen molar-refractivity contribution in [1.82, 2.24) is 10.3 Å². The van der Waals surface area contributed by atoms with E-state index in [-0.39, 0.29) is 19.1 Å². The number of ether oxygens (including phenoxy) is 1. The third-order valence-electron chi connectivity index (χ3n) is 7.82. The van der Waals surface area contributed by atoms with Crippen LogP contribution in [0.4, 0.5) is 10.5 Å². The van der Waals surface area contributed by atoms with Crippen molar-refractivity contribution in [2.45, 2.75) is 51.7 Å². The normalized spacial score (nSPS) is 17.7. The average Bonchev–Trinajstić information content (AvgIpc) is 3.31. The molecule has 1 aliphatic heterocycles. The van der Waals surface area contributed by atoms with E-state index < -0.39 is 24.4 Å². The molecule has 0 bridgehead atoms. The highest BCUT2D eigenvalue weighted by Crippen LogP contribution is 2.44. The minimum absolute atomic E-state index is 0.00629. The summed E-state index contributed by atoms with van der Waals surface area (Å²) < 4.78 is 18.3. The summed E-state index contributed by atoms with van der Waals surface area (Å²) in [6, 6.07) is 20.2. The van der Waals surface area contributed by atoms with Crippen LogP contribution >= 0.6 is 0 Å². The van der Waals surface area contributed by atoms with Crippen LogP contribution in [0.2, 0.25) is 0 Å². The van der Waals surface area contributed by atoms with Crippen molar-refractivity contribution >= 4 is 25.0 Å². The molecule has 3 N–H and O–H groups in total. The van der Waals surface area contributed by atoms with Gasteiger partial charge in [0.2, 0.25) is 0 Å². The van der Waals surface area contributed by atoms with E-state index in [1.54, 1.807) is 0 Å². The number of anilines is 1. The number of amides is 1. The van der Waals surface area contributed by atoms with E-state index >= 15 is 0 Å². The number of hydrogen-bond donors (Lipinski definition) is 2. The molecule has 196 valence electrons. The number of aryl methyl sites for hydroxylation is 1. The first kappa shape index (κ1) is 26.0. The van der Waals surface area contributed by atoms with Crippen LogP contribution in [0.5, 0.6) is 0 Å². The maximum Gasteiger partial charge on any atom is 0.492 e. The fourth-order valence-electron chi connectivity index (χ4n) is 4.88. The molecule has 1 aliphatic carbocycles. The fourth-order valence-corrected chi connectivity index (χ4v) is 4.88. The summed E-state index contributed by atoms with van der Waals surface area (Å²) in [5, 5.41) is 2.89. The maximum absolute atomic E-state index is 12.9. The van der Waals surface area contributed by atoms with Gasteiger partial charge in [-0.25, -0.2) is 4.79 Å². The lowest BCUT2D eigenvalue weighted by Gasteiger charge is -2.32. The number of nitrogens with one attached hydrogen (secondary N) is 1. The molecule has 2 heterocycles. The molecular weight excluding hydrogens is 477 g/mol. The largest absolute Gasteiger partial charge is 0.492 e. The summed E-state index contributed by atoms with van der Waals surface area (Å²) in [7, 11) is -0.645. The van der Waals surface area contributed by atoms with Gasteiger partial charge in [0, 0.05) is 12.5 Å². The lowest BCUT2D eigenvalue weighted by atomic mass is 9.77. The fraction of sp³-hybridized carbons (Fsp3) is 0.333. The van der Waals surface area contributed by atoms with Crippen LogP contribution in [-0.4, -0.2) is 42.5 Å². The molecule has 2 aliphatic rings. The molecule has 5 rings (SSSR count). The summed E-state index contributed by atoms with van der Waals surface area (Å²) >= 11 is 0. The van der Waals surface area contributed by atoms with Crippen molar-refractivity contribution < 1.29 is 18.8 Å². The highest BCUT2D eigenvalue weighted by Gasteiger charge is 2.52. The first-order valence-corrected chi connectivity index (χ1v) is 12.9. The van der Waals surface area contributed by atoms with Crippen LogP contribution in [0.15, 0.2) is 66.1 Å². The molecule has 0 saturated carbocycles. The number of carbonyl (C=O) groups is 1. The van der Waals surface area contributed by atoms with Gasteiger partial charge >= 0.3 is 13.2 Å². The quantitative estimate of drug-likeness (QED) is 0.423. The smallest absolute Gasteiger partial charge is 0.449 e. The number of aromatic nitrogens is 1. The number of nitrogens with two attached hydrogens (primary N) is 1. The Balaban J connectivity index is 1.30. The van der Waals surface area contributed by atoms with Crippen LogP contribution in [-0.2, 0) is 14.0 Å². The number of rotatable bonds is 6. The lowest BCUT2D eigenvalue weighted by Crippen LogP contribution is -2.41. The van der Waals surface area contributed by atoms with Crippen LogP contribution in [0, 0.1) is 6.92 Å². The van der Waals surface area contributed by atoms with Gasteiger partial charge in [-0.1, -0.05) is 48.5 Å². The van der Waals surface area contributed by atoms with Gasteiger partial charge in [0.15, 0.2) is 0 Å². The first-order chi connectivity index (χ1) is 18.1. The summed E-state index contributed by atoms with van der Waals surface area (Å²) in [5.41, 5.74) is 12.4. The van der Waals surface area contributed by atoms with E-state index in [0.717, 1.165) is 11.2 Å². The van der Waals surface area contributed by atoms with Gasteiger partial charge in [-0.3, -0.25) is 4.98 Å². The summed E-state index contributed by atoms with van der Waals surface area (Å²) in [5.74, 6) is -0.00629. The van der Waals surface area contributed by atoms with Gasteiger partial charge in [-0.15, -0.1) is 0 Å². The van der Waals surface area contributed by atoms with Gasteiger partial charge in [0.25, 0.3) is 0 Å². The molecule has 1 fully saturated rings. The van der Waals surface area contributed by atoms with E-state index in [9.17, 15) is 4.79 Å². The standard InChI is InChI=1S/C30H34BN3O4/c1-19-27(32)15-14-21(34-19)16-20(31-37-29(2,3)30(4,5)38-31)17-33-28(35)36-18-26-24-12-8-6-10-22(24)23-11-7-9-13-25(23)26/h6-16,26H,17-18,32H2,1-5H3,(H,33,35). The Morgan fingerprint density at radius 3 is 2.16 bits per heavy atom. The van der Waals surface area contributed by atoms with E-state index in [0.29, 0.717) is 11.4 Å². The molecule has 0 unspecified atom stereocenters. The molecule has 1 saturated heterocycles. The molecule has 2 aromatic carbocycles. The van der Waals surface area contributed by atoms with Crippen molar-refractivity contribution in [2.75, 3.05) is 18.9 Å². The van der Waals surface area contributed by atoms with Crippen LogP contribution in [0.25, 0.3) is 17.2 Å². The number of fused-ring (bicyclic) bond motifs is 3. The summed E-state index contributed by atoms with van der Waals surface area (Å²) in [6.45, 7) is 10.3. The monoisotopic (exact) mass is 511 g/mol. The third-order valence-corrected chi connectivity index (χ3v) is 7.82. The molecule has 8 heteroatoms. The summed E-state index contributed by atoms with van der Waals surface area (Å²) in [6.07, 6.45) is 1.37. The van der Waals surface area contributed by atoms with Gasteiger partial charge in [-0.05, 0) is 80.6 Å². The molecule has 7 nitrogen and oxygen atoms in total. The molecule has 38 heavy (non-hydrogen) atoms. The van der Waals surface area contributed by atoms with E-state index in [2.05, 4.69) is 34.6 Å². The van der Waals surface area contributed by atoms with Gasteiger partial charge in [-0.2, -0.15) is 0 Å². The zero-order valence-electron chi connectivity index (χ0n) is 22.6. The van der Waals surface area contributed by atoms with Crippen molar-refractivity contribution in [2.24, 2.45) is 0 Å². The van der Waals surface area contributed by atoms with Gasteiger partial charge < -0.3 is 25.1 Å². The number of carbonyl (C=O) groups excluding carboxylic acids is 1. The summed E-state index contributed by atoms with van der Waals surface area (Å²) in [4.78, 5) is 17.4. The molecule has 1 amide bonds. The van der Waals surface area contributed by atoms with E-state index in [1.165, 1.54) is 22.3 Å². The van der Waals surface area contributed by atoms with Gasteiger partial charge in [0.1, 0.15) is 6.61 Å². The number of nitrogen functional groups attached to an aromatic ring is 1. The van der Waals surface area contributed by atoms with Crippen LogP contribution in [0.3, 0.4) is 0 Å². The minimum Gasteiger partial charge on any atom is -0.449 e. The molecule has 3 aromatic rings. The number of nitrogens with zero attached hydrogens (tertiary/aromatic N) is 1. The van der Waals surface area contributed by atoms with Gasteiger partial charge in [0.05, 0.1) is 28.3 Å². The van der Waals surface area contributed by atoms with Crippen molar-refractivity contribution in [3.63, 3.8) is 0 Å². The SMILES string of the molecule is Cc1nc(C=C(CNC(=O)OCC2c3ccccc3-c3ccccc32)B2OC(C)(C)C(C)(C)O2)ccc1N. The molecule has 0 spiro atoms. The average molecular weight is 511 g/mol. The minimum atomic E-state index is -0.645. The number of benzene rings is 2. The predicted molar refractivity (Wildman–Crippen MR) is 151 cm³/mol. The Morgan fingerprint density at radius 1 is 1.00 bits per heavy atom. The van der Waals surface area contributed by atoms with Crippen LogP contribution in [0.1, 0.15) is 56.1 Å². The van der Waals surface area contributed by atoms with E-state index in [4.69, 9.17) is 19.8 Å². The van der Waals surface area contributed by atoms with Crippen molar-refractivity contribution in [1.29, 1.82) is 0 Å². The second-order valence-electron chi connectivity index (χ2n) is 10.9. The molecule has 1 aromatic heterocycles. The second-order valence-corrected chi connectivity index (χ2v) is 10.9. The third kappa shape index (κ3) is 4.94. The Morgan fingerprint density at radius 2 is 1.58 bits per heavy atom. The maximum atomic E-state index is 12.9. The topological polar surface area (TPSA) is 95.7 Å².